The standard InChI is InChI=1S/C12H17NO2S/c1-16-6-2-5-13-8-10-3-4-11-12(7-10)15-9-14-11/h3-4,7,13H,2,5-6,8-9H2,1H3. The van der Waals surface area contributed by atoms with Crippen molar-refractivity contribution in [3.05, 3.63) is 23.8 Å². The number of hydrogen-bond acceptors (Lipinski definition) is 4. The molecule has 0 saturated carbocycles. The highest BCUT2D eigenvalue weighted by molar-refractivity contribution is 7.98. The summed E-state index contributed by atoms with van der Waals surface area (Å²) in [5.74, 6) is 2.93. The number of benzene rings is 1. The van der Waals surface area contributed by atoms with E-state index in [0.29, 0.717) is 6.79 Å². The summed E-state index contributed by atoms with van der Waals surface area (Å²) in [6.07, 6.45) is 3.35. The topological polar surface area (TPSA) is 30.5 Å². The molecule has 2 rings (SSSR count). The number of hydrogen-bond donors (Lipinski definition) is 1. The summed E-state index contributed by atoms with van der Waals surface area (Å²) >= 11 is 1.89. The molecule has 1 N–H and O–H groups in total. The van der Waals surface area contributed by atoms with Crippen molar-refractivity contribution >= 4 is 11.8 Å². The van der Waals surface area contributed by atoms with Crippen LogP contribution in [0.4, 0.5) is 0 Å². The lowest BCUT2D eigenvalue weighted by molar-refractivity contribution is 0.174. The van der Waals surface area contributed by atoms with E-state index in [4.69, 9.17) is 9.47 Å². The third kappa shape index (κ3) is 3.06. The molecule has 1 heterocycles. The van der Waals surface area contributed by atoms with Gasteiger partial charge in [0.25, 0.3) is 0 Å². The minimum absolute atomic E-state index is 0.347. The van der Waals surface area contributed by atoms with Crippen molar-refractivity contribution in [3.8, 4) is 11.5 Å². The van der Waals surface area contributed by atoms with Gasteiger partial charge in [0.15, 0.2) is 11.5 Å². The van der Waals surface area contributed by atoms with Gasteiger partial charge in [-0.1, -0.05) is 6.07 Å². The van der Waals surface area contributed by atoms with Crippen LogP contribution in [0.3, 0.4) is 0 Å². The number of nitrogens with one attached hydrogen (secondary N) is 1. The number of rotatable bonds is 6. The molecule has 0 fully saturated rings. The molecule has 88 valence electrons. The molecule has 1 aliphatic rings. The molecule has 1 aromatic rings. The third-order valence-corrected chi connectivity index (χ3v) is 3.17. The van der Waals surface area contributed by atoms with Crippen LogP contribution in [0, 0.1) is 0 Å². The maximum absolute atomic E-state index is 5.33. The Morgan fingerprint density at radius 2 is 2.19 bits per heavy atom. The van der Waals surface area contributed by atoms with E-state index in [1.165, 1.54) is 17.7 Å². The van der Waals surface area contributed by atoms with E-state index in [1.807, 2.05) is 23.9 Å². The van der Waals surface area contributed by atoms with E-state index in [-0.39, 0.29) is 0 Å². The first kappa shape index (κ1) is 11.6. The largest absolute Gasteiger partial charge is 0.454 e. The lowest BCUT2D eigenvalue weighted by Crippen LogP contribution is -2.15. The van der Waals surface area contributed by atoms with Crippen molar-refractivity contribution in [2.45, 2.75) is 13.0 Å². The smallest absolute Gasteiger partial charge is 0.231 e. The second-order valence-electron chi connectivity index (χ2n) is 3.71. The molecule has 1 aliphatic heterocycles. The molecule has 0 radical (unpaired) electrons. The maximum Gasteiger partial charge on any atom is 0.231 e. The first-order valence-corrected chi connectivity index (χ1v) is 6.88. The highest BCUT2D eigenvalue weighted by Gasteiger charge is 2.12. The van der Waals surface area contributed by atoms with Crippen LogP contribution in [-0.4, -0.2) is 25.3 Å². The first-order valence-electron chi connectivity index (χ1n) is 5.48. The second-order valence-corrected chi connectivity index (χ2v) is 4.70. The van der Waals surface area contributed by atoms with E-state index >= 15 is 0 Å². The Balaban J connectivity index is 1.77. The normalized spacial score (nSPS) is 13.1. The van der Waals surface area contributed by atoms with Crippen molar-refractivity contribution in [1.82, 2.24) is 5.32 Å². The fourth-order valence-electron chi connectivity index (χ4n) is 1.63. The summed E-state index contributed by atoms with van der Waals surface area (Å²) in [5, 5.41) is 3.42. The SMILES string of the molecule is CSCCCNCc1ccc2c(c1)OCO2. The molecule has 0 atom stereocenters. The van der Waals surface area contributed by atoms with Gasteiger partial charge < -0.3 is 14.8 Å². The summed E-state index contributed by atoms with van der Waals surface area (Å²) in [5.41, 5.74) is 1.24. The minimum Gasteiger partial charge on any atom is -0.454 e. The Labute approximate surface area is 101 Å². The number of ether oxygens (including phenoxy) is 2. The van der Waals surface area contributed by atoms with Gasteiger partial charge in [-0.25, -0.2) is 0 Å². The Morgan fingerprint density at radius 1 is 1.31 bits per heavy atom. The van der Waals surface area contributed by atoms with Crippen molar-refractivity contribution in [1.29, 1.82) is 0 Å². The van der Waals surface area contributed by atoms with Gasteiger partial charge in [-0.2, -0.15) is 11.8 Å². The van der Waals surface area contributed by atoms with E-state index in [2.05, 4.69) is 17.6 Å². The molecular formula is C12H17NO2S. The second kappa shape index (κ2) is 6.01. The van der Waals surface area contributed by atoms with Crippen LogP contribution in [0.15, 0.2) is 18.2 Å². The lowest BCUT2D eigenvalue weighted by atomic mass is 10.2. The summed E-state index contributed by atoms with van der Waals surface area (Å²) in [6.45, 7) is 2.31. The van der Waals surface area contributed by atoms with Crippen LogP contribution in [0.5, 0.6) is 11.5 Å². The van der Waals surface area contributed by atoms with Gasteiger partial charge in [0.05, 0.1) is 0 Å². The third-order valence-electron chi connectivity index (χ3n) is 2.47. The Kier molecular flexibility index (Phi) is 4.36. The maximum atomic E-state index is 5.33. The van der Waals surface area contributed by atoms with Crippen LogP contribution in [0.2, 0.25) is 0 Å². The molecule has 0 bridgehead atoms. The summed E-state index contributed by atoms with van der Waals surface area (Å²) in [6, 6.07) is 6.10. The molecule has 3 nitrogen and oxygen atoms in total. The zero-order valence-corrected chi connectivity index (χ0v) is 10.3. The van der Waals surface area contributed by atoms with Gasteiger partial charge in [-0.05, 0) is 42.7 Å². The minimum atomic E-state index is 0.347. The molecule has 4 heteroatoms. The van der Waals surface area contributed by atoms with Crippen molar-refractivity contribution < 1.29 is 9.47 Å². The average Bonchev–Trinajstić information content (AvgIpc) is 2.76. The Morgan fingerprint density at radius 3 is 3.06 bits per heavy atom. The van der Waals surface area contributed by atoms with Crippen LogP contribution >= 0.6 is 11.8 Å². The van der Waals surface area contributed by atoms with Crippen molar-refractivity contribution in [2.75, 3.05) is 25.3 Å². The van der Waals surface area contributed by atoms with Gasteiger partial charge in [-0.15, -0.1) is 0 Å². The van der Waals surface area contributed by atoms with Gasteiger partial charge in [-0.3, -0.25) is 0 Å². The molecule has 0 aromatic heterocycles. The fourth-order valence-corrected chi connectivity index (χ4v) is 2.06. The molecule has 0 amide bonds. The quantitative estimate of drug-likeness (QED) is 0.771. The molecular weight excluding hydrogens is 222 g/mol. The molecule has 0 saturated heterocycles. The average molecular weight is 239 g/mol. The van der Waals surface area contributed by atoms with E-state index in [9.17, 15) is 0 Å². The zero-order chi connectivity index (χ0) is 11.2. The van der Waals surface area contributed by atoms with Gasteiger partial charge in [0.1, 0.15) is 0 Å². The van der Waals surface area contributed by atoms with Crippen LogP contribution in [0.1, 0.15) is 12.0 Å². The number of fused-ring (bicyclic) bond motifs is 1. The van der Waals surface area contributed by atoms with E-state index in [1.54, 1.807) is 0 Å². The van der Waals surface area contributed by atoms with Crippen molar-refractivity contribution in [3.63, 3.8) is 0 Å². The van der Waals surface area contributed by atoms with Crippen molar-refractivity contribution in [2.24, 2.45) is 0 Å². The molecule has 0 aliphatic carbocycles. The lowest BCUT2D eigenvalue weighted by Gasteiger charge is -2.05. The monoisotopic (exact) mass is 239 g/mol. The molecule has 16 heavy (non-hydrogen) atoms. The first-order chi connectivity index (χ1) is 7.90. The molecule has 0 unspecified atom stereocenters. The van der Waals surface area contributed by atoms with Crippen LogP contribution in [-0.2, 0) is 6.54 Å². The number of thioether (sulfide) groups is 1. The summed E-state index contributed by atoms with van der Waals surface area (Å²) in [4.78, 5) is 0. The van der Waals surface area contributed by atoms with Crippen LogP contribution in [0.25, 0.3) is 0 Å². The molecule has 0 spiro atoms. The highest BCUT2D eigenvalue weighted by atomic mass is 32.2. The predicted octanol–water partition coefficient (Wildman–Crippen LogP) is 2.26. The summed E-state index contributed by atoms with van der Waals surface area (Å²) in [7, 11) is 0. The van der Waals surface area contributed by atoms with E-state index < -0.39 is 0 Å². The fraction of sp³-hybridized carbons (Fsp3) is 0.500. The van der Waals surface area contributed by atoms with Gasteiger partial charge in [0, 0.05) is 6.54 Å². The zero-order valence-electron chi connectivity index (χ0n) is 9.49. The summed E-state index contributed by atoms with van der Waals surface area (Å²) < 4.78 is 10.6. The highest BCUT2D eigenvalue weighted by Crippen LogP contribution is 2.32. The van der Waals surface area contributed by atoms with E-state index in [0.717, 1.165) is 24.6 Å². The molecule has 1 aromatic carbocycles. The van der Waals surface area contributed by atoms with Crippen LogP contribution < -0.4 is 14.8 Å². The van der Waals surface area contributed by atoms with Gasteiger partial charge in [0.2, 0.25) is 6.79 Å². The van der Waals surface area contributed by atoms with Gasteiger partial charge >= 0.3 is 0 Å². The predicted molar refractivity (Wildman–Crippen MR) is 67.3 cm³/mol. The Hall–Kier alpha value is -0.870. The Bertz CT molecular complexity index is 344.